The van der Waals surface area contributed by atoms with Gasteiger partial charge in [0.2, 0.25) is 17.7 Å². The van der Waals surface area contributed by atoms with Crippen molar-refractivity contribution in [2.75, 3.05) is 50.6 Å². The number of hydrogen-bond donors (Lipinski definition) is 2. The summed E-state index contributed by atoms with van der Waals surface area (Å²) in [4.78, 5) is 47.6. The molecule has 210 valence electrons. The molecule has 3 fully saturated rings. The first-order valence-electron chi connectivity index (χ1n) is 13.2. The van der Waals surface area contributed by atoms with Crippen LogP contribution in [0.1, 0.15) is 26.2 Å². The number of rotatable bonds is 7. The van der Waals surface area contributed by atoms with Gasteiger partial charge in [-0.3, -0.25) is 5.32 Å². The number of hydrogen-bond acceptors (Lipinski definition) is 10. The minimum Gasteiger partial charge on any atom is -0.477 e. The van der Waals surface area contributed by atoms with Gasteiger partial charge in [0.1, 0.15) is 6.17 Å². The Morgan fingerprint density at radius 2 is 2.03 bits per heavy atom. The van der Waals surface area contributed by atoms with E-state index in [-0.39, 0.29) is 30.7 Å². The van der Waals surface area contributed by atoms with E-state index in [4.69, 9.17) is 9.47 Å². The average molecular weight is 544 g/mol. The van der Waals surface area contributed by atoms with E-state index in [9.17, 15) is 14.0 Å². The number of likely N-dealkylation sites (N-methyl/N-ethyl adjacent to an activating group) is 1. The second kappa shape index (κ2) is 11.5. The first-order valence-corrected chi connectivity index (χ1v) is 13.2. The molecule has 0 aromatic carbocycles. The van der Waals surface area contributed by atoms with Crippen LogP contribution in [0.2, 0.25) is 0 Å². The van der Waals surface area contributed by atoms with Crippen LogP contribution in [0.25, 0.3) is 0 Å². The van der Waals surface area contributed by atoms with Crippen LogP contribution in [0.5, 0.6) is 11.8 Å². The van der Waals surface area contributed by atoms with Gasteiger partial charge in [-0.2, -0.15) is 4.98 Å². The van der Waals surface area contributed by atoms with Gasteiger partial charge in [-0.1, -0.05) is 0 Å². The molecule has 0 unspecified atom stereocenters. The SMILES string of the molecule is CCOc1cnc(NC(=O)N(C)[C@H]2CN(c3nccc(OC(=O)N[C@H]4C[C@@H]5C[C@H]4CN5C)n3)CC[C@H]2F)cn1. The van der Waals surface area contributed by atoms with E-state index in [0.717, 1.165) is 19.4 Å². The Labute approximate surface area is 226 Å². The third-order valence-electron chi connectivity index (χ3n) is 7.69. The Bertz CT molecular complexity index is 1170. The smallest absolute Gasteiger partial charge is 0.414 e. The quantitative estimate of drug-likeness (QED) is 0.533. The zero-order chi connectivity index (χ0) is 27.5. The Morgan fingerprint density at radius 1 is 1.18 bits per heavy atom. The van der Waals surface area contributed by atoms with Crippen molar-refractivity contribution in [3.8, 4) is 11.8 Å². The first kappa shape index (κ1) is 26.8. The maximum Gasteiger partial charge on any atom is 0.414 e. The summed E-state index contributed by atoms with van der Waals surface area (Å²) in [6.45, 7) is 3.76. The Kier molecular flexibility index (Phi) is 7.91. The van der Waals surface area contributed by atoms with E-state index >= 15 is 0 Å². The number of urea groups is 1. The van der Waals surface area contributed by atoms with Crippen molar-refractivity contribution in [2.45, 2.75) is 50.5 Å². The number of likely N-dealkylation sites (tertiary alicyclic amines) is 1. The molecule has 0 spiro atoms. The van der Waals surface area contributed by atoms with Gasteiger partial charge in [0.25, 0.3) is 0 Å². The van der Waals surface area contributed by atoms with Crippen molar-refractivity contribution >= 4 is 23.9 Å². The molecule has 2 aliphatic heterocycles. The molecule has 2 aromatic rings. The summed E-state index contributed by atoms with van der Waals surface area (Å²) in [5, 5.41) is 5.60. The number of amides is 3. The van der Waals surface area contributed by atoms with Crippen molar-refractivity contribution < 1.29 is 23.5 Å². The number of nitrogens with one attached hydrogen (secondary N) is 2. The summed E-state index contributed by atoms with van der Waals surface area (Å²) in [6, 6.07) is 0.825. The average Bonchev–Trinajstić information content (AvgIpc) is 3.49. The van der Waals surface area contributed by atoms with Gasteiger partial charge in [0.05, 0.1) is 25.0 Å². The maximum absolute atomic E-state index is 14.9. The zero-order valence-corrected chi connectivity index (χ0v) is 22.3. The predicted octanol–water partition coefficient (Wildman–Crippen LogP) is 1.93. The number of carbonyl (C=O) groups excluding carboxylic acids is 2. The molecular formula is C25H34FN9O4. The van der Waals surface area contributed by atoms with Gasteiger partial charge in [0.15, 0.2) is 5.82 Å². The zero-order valence-electron chi connectivity index (χ0n) is 22.3. The van der Waals surface area contributed by atoms with E-state index in [1.165, 1.54) is 36.6 Å². The number of anilines is 2. The number of fused-ring (bicyclic) bond motifs is 2. The van der Waals surface area contributed by atoms with Crippen molar-refractivity contribution in [1.29, 1.82) is 0 Å². The number of alkyl halides is 1. The molecule has 1 saturated carbocycles. The number of nitrogens with zero attached hydrogens (tertiary/aromatic N) is 7. The largest absolute Gasteiger partial charge is 0.477 e. The van der Waals surface area contributed by atoms with Crippen LogP contribution in [0.4, 0.5) is 25.7 Å². The molecule has 1 aliphatic carbocycles. The highest BCUT2D eigenvalue weighted by atomic mass is 19.1. The normalized spacial score (nSPS) is 26.3. The summed E-state index contributed by atoms with van der Waals surface area (Å²) in [6.07, 6.45) is 4.67. The third kappa shape index (κ3) is 6.10. The van der Waals surface area contributed by atoms with Crippen LogP contribution in [0, 0.1) is 5.92 Å². The molecule has 3 amide bonds. The molecule has 13 nitrogen and oxygen atoms in total. The lowest BCUT2D eigenvalue weighted by Crippen LogP contribution is -2.55. The fourth-order valence-electron chi connectivity index (χ4n) is 5.57. The van der Waals surface area contributed by atoms with Crippen molar-refractivity contribution in [2.24, 2.45) is 5.92 Å². The van der Waals surface area contributed by atoms with Gasteiger partial charge in [-0.25, -0.2) is 28.9 Å². The van der Waals surface area contributed by atoms with Crippen LogP contribution >= 0.6 is 0 Å². The van der Waals surface area contributed by atoms with Gasteiger partial charge >= 0.3 is 12.1 Å². The topological polar surface area (TPSA) is 138 Å². The molecule has 5 rings (SSSR count). The molecule has 2 bridgehead atoms. The lowest BCUT2D eigenvalue weighted by atomic mass is 10.0. The van der Waals surface area contributed by atoms with Crippen molar-refractivity contribution in [3.63, 3.8) is 0 Å². The standard InChI is InChI=1S/C25H34FN9O4/c1-4-38-22-12-28-20(11-29-22)31-24(36)34(3)19-14-35(8-6-17(19)26)23-27-7-5-21(32-23)39-25(37)30-18-10-16-9-15(18)13-33(16)2/h5,7,11-12,15-19H,4,6,8-10,13-14H2,1-3H3,(H,30,37)(H,28,31,36)/t15-,16-,17+,18-,19-/m0/s1. The summed E-state index contributed by atoms with van der Waals surface area (Å²) in [5.41, 5.74) is 0. The highest BCUT2D eigenvalue weighted by Gasteiger charge is 2.43. The maximum atomic E-state index is 14.9. The molecule has 2 N–H and O–H groups in total. The molecule has 2 aromatic heterocycles. The number of piperidine rings is 2. The molecule has 0 radical (unpaired) electrons. The predicted molar refractivity (Wildman–Crippen MR) is 140 cm³/mol. The fourth-order valence-corrected chi connectivity index (χ4v) is 5.57. The summed E-state index contributed by atoms with van der Waals surface area (Å²) >= 11 is 0. The molecule has 4 heterocycles. The minimum atomic E-state index is -1.24. The van der Waals surface area contributed by atoms with Gasteiger partial charge in [-0.05, 0) is 39.2 Å². The highest BCUT2D eigenvalue weighted by Crippen LogP contribution is 2.36. The van der Waals surface area contributed by atoms with Crippen LogP contribution in [-0.4, -0.2) is 106 Å². The second-order valence-electron chi connectivity index (χ2n) is 10.2. The van der Waals surface area contributed by atoms with E-state index in [1.807, 2.05) is 6.92 Å². The number of ether oxygens (including phenoxy) is 2. The minimum absolute atomic E-state index is 0.0969. The van der Waals surface area contributed by atoms with E-state index in [2.05, 4.69) is 42.5 Å². The van der Waals surface area contributed by atoms with E-state index in [0.29, 0.717) is 36.9 Å². The van der Waals surface area contributed by atoms with Crippen LogP contribution in [0.3, 0.4) is 0 Å². The summed E-state index contributed by atoms with van der Waals surface area (Å²) in [5.74, 6) is 1.41. The lowest BCUT2D eigenvalue weighted by molar-refractivity contribution is 0.133. The Morgan fingerprint density at radius 3 is 2.72 bits per heavy atom. The molecule has 2 saturated heterocycles. The number of halogens is 1. The highest BCUT2D eigenvalue weighted by molar-refractivity contribution is 5.88. The summed E-state index contributed by atoms with van der Waals surface area (Å²) < 4.78 is 25.7. The van der Waals surface area contributed by atoms with Crippen LogP contribution in [-0.2, 0) is 0 Å². The van der Waals surface area contributed by atoms with Crippen molar-refractivity contribution in [1.82, 2.24) is 35.1 Å². The summed E-state index contributed by atoms with van der Waals surface area (Å²) in [7, 11) is 3.63. The first-order chi connectivity index (χ1) is 18.8. The number of aromatic nitrogens is 4. The lowest BCUT2D eigenvalue weighted by Gasteiger charge is -2.39. The van der Waals surface area contributed by atoms with Gasteiger partial charge in [0, 0.05) is 51.0 Å². The van der Waals surface area contributed by atoms with Crippen molar-refractivity contribution in [3.05, 3.63) is 24.7 Å². The third-order valence-corrected chi connectivity index (χ3v) is 7.69. The Balaban J connectivity index is 1.17. The molecule has 14 heteroatoms. The Hall–Kier alpha value is -3.81. The van der Waals surface area contributed by atoms with Gasteiger partial charge in [-0.15, -0.1) is 0 Å². The molecule has 39 heavy (non-hydrogen) atoms. The van der Waals surface area contributed by atoms with Crippen LogP contribution < -0.4 is 25.0 Å². The molecular weight excluding hydrogens is 509 g/mol. The second-order valence-corrected chi connectivity index (χ2v) is 10.2. The van der Waals surface area contributed by atoms with Gasteiger partial charge < -0.3 is 29.5 Å². The fraction of sp³-hybridized carbons (Fsp3) is 0.600. The molecule has 5 atom stereocenters. The molecule has 3 aliphatic rings. The monoisotopic (exact) mass is 543 g/mol. The van der Waals surface area contributed by atoms with E-state index < -0.39 is 24.3 Å². The number of carbonyl (C=O) groups is 2. The van der Waals surface area contributed by atoms with E-state index in [1.54, 1.807) is 4.90 Å². The van der Waals surface area contributed by atoms with Crippen LogP contribution in [0.15, 0.2) is 24.7 Å².